The van der Waals surface area contributed by atoms with E-state index in [0.29, 0.717) is 40.1 Å². The molecule has 1 unspecified atom stereocenters. The lowest BCUT2D eigenvalue weighted by atomic mass is 10.0. The highest BCUT2D eigenvalue weighted by Crippen LogP contribution is 2.27. The van der Waals surface area contributed by atoms with Crippen molar-refractivity contribution in [1.29, 1.82) is 5.26 Å². The Kier molecular flexibility index (Phi) is 7.03. The van der Waals surface area contributed by atoms with Gasteiger partial charge in [-0.05, 0) is 51.0 Å². The predicted octanol–water partition coefficient (Wildman–Crippen LogP) is 4.91. The number of anilines is 1. The van der Waals surface area contributed by atoms with Crippen LogP contribution in [0.25, 0.3) is 17.0 Å². The molecule has 35 heavy (non-hydrogen) atoms. The fourth-order valence-electron chi connectivity index (χ4n) is 3.68. The number of nitrogens with one attached hydrogen (secondary N) is 2. The number of imidazole rings is 1. The van der Waals surface area contributed by atoms with Crippen LogP contribution in [-0.2, 0) is 0 Å². The van der Waals surface area contributed by atoms with Gasteiger partial charge in [-0.3, -0.25) is 4.40 Å². The minimum absolute atomic E-state index is 0.0607. The molecule has 8 nitrogen and oxygen atoms in total. The second-order valence-corrected chi connectivity index (χ2v) is 9.85. The van der Waals surface area contributed by atoms with E-state index in [1.807, 2.05) is 43.5 Å². The van der Waals surface area contributed by atoms with Crippen LogP contribution >= 0.6 is 11.6 Å². The van der Waals surface area contributed by atoms with Gasteiger partial charge in [-0.25, -0.2) is 15.0 Å². The van der Waals surface area contributed by atoms with Crippen LogP contribution in [0.1, 0.15) is 56.5 Å². The van der Waals surface area contributed by atoms with Crippen LogP contribution in [-0.4, -0.2) is 36.5 Å². The third-order valence-electron chi connectivity index (χ3n) is 5.63. The second-order valence-electron chi connectivity index (χ2n) is 9.44. The monoisotopic (exact) mass is 489 g/mol. The Hall–Kier alpha value is -3.51. The molecule has 9 heteroatoms. The molecule has 1 aromatic carbocycles. The van der Waals surface area contributed by atoms with Crippen LogP contribution in [0, 0.1) is 11.3 Å². The molecule has 180 valence electrons. The maximum Gasteiger partial charge on any atom is 0.223 e. The highest BCUT2D eigenvalue weighted by atomic mass is 35.5. The first-order valence-corrected chi connectivity index (χ1v) is 11.7. The van der Waals surface area contributed by atoms with Gasteiger partial charge in [0.2, 0.25) is 5.95 Å². The third kappa shape index (κ3) is 5.60. The lowest BCUT2D eigenvalue weighted by Crippen LogP contribution is -2.38. The fraction of sp³-hybridized carbons (Fsp3) is 0.308. The van der Waals surface area contributed by atoms with Crippen LogP contribution in [0.15, 0.2) is 55.0 Å². The lowest BCUT2D eigenvalue weighted by Gasteiger charge is -2.23. The second kappa shape index (κ2) is 10.0. The Morgan fingerprint density at radius 2 is 1.83 bits per heavy atom. The molecule has 0 aliphatic carbocycles. The van der Waals surface area contributed by atoms with Gasteiger partial charge in [0.15, 0.2) is 5.65 Å². The van der Waals surface area contributed by atoms with Gasteiger partial charge in [0.1, 0.15) is 11.8 Å². The Morgan fingerprint density at radius 1 is 1.11 bits per heavy atom. The fourth-order valence-corrected chi connectivity index (χ4v) is 3.90. The van der Waals surface area contributed by atoms with Crippen molar-refractivity contribution >= 4 is 23.2 Å². The maximum atomic E-state index is 10.5. The molecule has 4 aromatic rings. The topological polar surface area (TPSA) is 111 Å². The summed E-state index contributed by atoms with van der Waals surface area (Å²) < 4.78 is 1.80. The van der Waals surface area contributed by atoms with Crippen molar-refractivity contribution in [1.82, 2.24) is 24.7 Å². The van der Waals surface area contributed by atoms with Crippen molar-refractivity contribution in [3.8, 4) is 17.5 Å². The van der Waals surface area contributed by atoms with E-state index in [-0.39, 0.29) is 11.6 Å². The van der Waals surface area contributed by atoms with E-state index in [2.05, 4.69) is 52.4 Å². The molecule has 0 saturated heterocycles. The molecule has 0 spiro atoms. The molecule has 0 fully saturated rings. The molecule has 3 heterocycles. The van der Waals surface area contributed by atoms with E-state index in [1.54, 1.807) is 16.7 Å². The SMILES string of the molecule is CC(Nc1ncc(C#N)c(-c2cnc3c(Cl)cccn23)n1)c1ccc([C@@H](O)CNC(C)(C)C)cc1. The maximum absolute atomic E-state index is 10.5. The van der Waals surface area contributed by atoms with E-state index in [0.717, 1.165) is 11.1 Å². The third-order valence-corrected chi connectivity index (χ3v) is 5.93. The molecule has 0 aliphatic heterocycles. The smallest absolute Gasteiger partial charge is 0.223 e. The number of hydrogen-bond donors (Lipinski definition) is 3. The van der Waals surface area contributed by atoms with E-state index >= 15 is 0 Å². The zero-order chi connectivity index (χ0) is 25.2. The van der Waals surface area contributed by atoms with Crippen molar-refractivity contribution in [2.24, 2.45) is 0 Å². The zero-order valence-corrected chi connectivity index (χ0v) is 20.9. The number of pyridine rings is 1. The summed E-state index contributed by atoms with van der Waals surface area (Å²) >= 11 is 6.25. The molecule has 2 atom stereocenters. The summed E-state index contributed by atoms with van der Waals surface area (Å²) in [6.07, 6.45) is 4.39. The first-order valence-electron chi connectivity index (χ1n) is 11.3. The highest BCUT2D eigenvalue weighted by molar-refractivity contribution is 6.33. The van der Waals surface area contributed by atoms with E-state index in [9.17, 15) is 10.4 Å². The molecular formula is C26H28ClN7O. The molecular weight excluding hydrogens is 462 g/mol. The van der Waals surface area contributed by atoms with E-state index in [4.69, 9.17) is 11.6 Å². The van der Waals surface area contributed by atoms with Crippen LogP contribution in [0.3, 0.4) is 0 Å². The number of nitriles is 1. The van der Waals surface area contributed by atoms with Gasteiger partial charge in [0, 0.05) is 18.3 Å². The zero-order valence-electron chi connectivity index (χ0n) is 20.1. The highest BCUT2D eigenvalue weighted by Gasteiger charge is 2.17. The van der Waals surface area contributed by atoms with Crippen LogP contribution in [0.4, 0.5) is 5.95 Å². The molecule has 3 N–H and O–H groups in total. The van der Waals surface area contributed by atoms with Crippen LogP contribution in [0.2, 0.25) is 5.02 Å². The molecule has 0 saturated carbocycles. The summed E-state index contributed by atoms with van der Waals surface area (Å²) in [6, 6.07) is 13.4. The Morgan fingerprint density at radius 3 is 2.51 bits per heavy atom. The minimum atomic E-state index is -0.588. The van der Waals surface area contributed by atoms with Gasteiger partial charge in [-0.2, -0.15) is 5.26 Å². The quantitative estimate of drug-likeness (QED) is 0.338. The number of aromatic nitrogens is 4. The molecule has 0 bridgehead atoms. The van der Waals surface area contributed by atoms with Crippen molar-refractivity contribution < 1.29 is 5.11 Å². The van der Waals surface area contributed by atoms with Gasteiger partial charge in [-0.1, -0.05) is 35.9 Å². The number of rotatable bonds is 7. The number of aliphatic hydroxyl groups excluding tert-OH is 1. The number of aliphatic hydroxyl groups is 1. The minimum Gasteiger partial charge on any atom is -0.387 e. The van der Waals surface area contributed by atoms with Crippen molar-refractivity contribution in [3.05, 3.63) is 76.7 Å². The first-order chi connectivity index (χ1) is 16.7. The number of β-amino-alcohol motifs (C(OH)–C–C–N with tert-alkyl or cyclic N) is 1. The molecule has 0 amide bonds. The summed E-state index contributed by atoms with van der Waals surface area (Å²) in [5.41, 5.74) is 3.86. The summed E-state index contributed by atoms with van der Waals surface area (Å²) in [7, 11) is 0. The van der Waals surface area contributed by atoms with Gasteiger partial charge in [-0.15, -0.1) is 0 Å². The van der Waals surface area contributed by atoms with Gasteiger partial charge < -0.3 is 15.7 Å². The first kappa shape index (κ1) is 24.6. The van der Waals surface area contributed by atoms with Gasteiger partial charge in [0.25, 0.3) is 0 Å². The Bertz CT molecular complexity index is 1370. The largest absolute Gasteiger partial charge is 0.387 e. The van der Waals surface area contributed by atoms with Crippen molar-refractivity contribution in [2.75, 3.05) is 11.9 Å². The molecule has 0 aliphatic rings. The van der Waals surface area contributed by atoms with E-state index < -0.39 is 6.10 Å². The van der Waals surface area contributed by atoms with Gasteiger partial charge in [0.05, 0.1) is 40.8 Å². The Labute approximate surface area is 209 Å². The van der Waals surface area contributed by atoms with Crippen LogP contribution < -0.4 is 10.6 Å². The lowest BCUT2D eigenvalue weighted by molar-refractivity contribution is 0.163. The summed E-state index contributed by atoms with van der Waals surface area (Å²) in [5, 5.41) is 27.2. The number of hydrogen-bond acceptors (Lipinski definition) is 7. The summed E-state index contributed by atoms with van der Waals surface area (Å²) in [4.78, 5) is 13.3. The standard InChI is InChI=1S/C26H28ClN7O/c1-16(17-7-9-18(10-8-17)22(35)15-31-26(2,3)4)32-25-30-13-19(12-28)23(33-25)21-14-29-24-20(27)6-5-11-34(21)24/h5-11,13-14,16,22,31,35H,15H2,1-4H3,(H,30,32,33)/t16?,22-/m0/s1. The van der Waals surface area contributed by atoms with Gasteiger partial charge >= 0.3 is 0 Å². The van der Waals surface area contributed by atoms with Crippen molar-refractivity contribution in [2.45, 2.75) is 45.4 Å². The number of nitrogens with zero attached hydrogens (tertiary/aromatic N) is 5. The number of fused-ring (bicyclic) bond motifs is 1. The normalized spacial score (nSPS) is 13.4. The average molecular weight is 490 g/mol. The number of benzene rings is 1. The molecule has 3 aromatic heterocycles. The van der Waals surface area contributed by atoms with E-state index in [1.165, 1.54) is 6.20 Å². The molecule has 4 rings (SSSR count). The summed E-state index contributed by atoms with van der Waals surface area (Å²) in [6.45, 7) is 8.68. The molecule has 0 radical (unpaired) electrons. The Balaban J connectivity index is 1.54. The number of halogens is 1. The van der Waals surface area contributed by atoms with Crippen LogP contribution in [0.5, 0.6) is 0 Å². The van der Waals surface area contributed by atoms with Crippen molar-refractivity contribution in [3.63, 3.8) is 0 Å². The predicted molar refractivity (Wildman–Crippen MR) is 137 cm³/mol. The summed E-state index contributed by atoms with van der Waals surface area (Å²) in [5.74, 6) is 0.391. The average Bonchev–Trinajstić information content (AvgIpc) is 3.27.